The van der Waals surface area contributed by atoms with Gasteiger partial charge >= 0.3 is 11.9 Å². The standard InChI is InChI=1S/C34H40N2O8/c1-3-30(37)25-44-32-15-11-27(12-16-32)22-29(24-36)33(38)42-19-6-4-5-17-41-18-7-8-20-43-34(39)28(23-35)21-26-9-13-31(40-2)14-10-26/h9-16,21-22,30,37H,3-8,17-20,25H2,1-2H3/b28-21+,29-22+. The first kappa shape index (κ1) is 35.6. The molecule has 0 bridgehead atoms. The predicted molar refractivity (Wildman–Crippen MR) is 164 cm³/mol. The Balaban J connectivity index is 1.54. The van der Waals surface area contributed by atoms with E-state index in [1.165, 1.54) is 12.2 Å². The van der Waals surface area contributed by atoms with E-state index in [0.717, 1.165) is 12.8 Å². The van der Waals surface area contributed by atoms with Gasteiger partial charge in [0.1, 0.15) is 41.4 Å². The van der Waals surface area contributed by atoms with Gasteiger partial charge in [-0.05, 0) is 86.1 Å². The quantitative estimate of drug-likeness (QED) is 0.0900. The summed E-state index contributed by atoms with van der Waals surface area (Å²) in [6, 6.07) is 17.6. The summed E-state index contributed by atoms with van der Waals surface area (Å²) in [6.45, 7) is 3.53. The van der Waals surface area contributed by atoms with E-state index in [-0.39, 0.29) is 31.0 Å². The van der Waals surface area contributed by atoms with Crippen LogP contribution in [0.25, 0.3) is 12.2 Å². The molecule has 1 atom stereocenters. The first-order valence-corrected chi connectivity index (χ1v) is 14.6. The number of nitriles is 2. The van der Waals surface area contributed by atoms with Crippen LogP contribution in [-0.2, 0) is 23.8 Å². The minimum absolute atomic E-state index is 0.0712. The second-order valence-electron chi connectivity index (χ2n) is 9.71. The van der Waals surface area contributed by atoms with Crippen molar-refractivity contribution in [3.63, 3.8) is 0 Å². The summed E-state index contributed by atoms with van der Waals surface area (Å²) in [5, 5.41) is 28.2. The van der Waals surface area contributed by atoms with Crippen molar-refractivity contribution in [3.8, 4) is 23.6 Å². The Morgan fingerprint density at radius 1 is 0.750 bits per heavy atom. The number of benzene rings is 2. The van der Waals surface area contributed by atoms with Crippen LogP contribution in [0.15, 0.2) is 59.7 Å². The number of rotatable bonds is 20. The molecule has 0 radical (unpaired) electrons. The van der Waals surface area contributed by atoms with Gasteiger partial charge in [0.15, 0.2) is 0 Å². The van der Waals surface area contributed by atoms with E-state index in [1.54, 1.807) is 55.6 Å². The number of ether oxygens (including phenoxy) is 5. The molecule has 10 heteroatoms. The lowest BCUT2D eigenvalue weighted by Crippen LogP contribution is -2.15. The van der Waals surface area contributed by atoms with Gasteiger partial charge in [0.05, 0.1) is 26.4 Å². The molecule has 0 saturated heterocycles. The van der Waals surface area contributed by atoms with E-state index >= 15 is 0 Å². The van der Waals surface area contributed by atoms with Crippen LogP contribution in [0.5, 0.6) is 11.5 Å². The number of hydrogen-bond acceptors (Lipinski definition) is 10. The van der Waals surface area contributed by atoms with E-state index < -0.39 is 18.0 Å². The highest BCUT2D eigenvalue weighted by Crippen LogP contribution is 2.16. The monoisotopic (exact) mass is 604 g/mol. The topological polar surface area (TPSA) is 148 Å². The number of carbonyl (C=O) groups excluding carboxylic acids is 2. The molecule has 1 N–H and O–H groups in total. The molecular formula is C34H40N2O8. The van der Waals surface area contributed by atoms with Crippen LogP contribution < -0.4 is 9.47 Å². The summed E-state index contributed by atoms with van der Waals surface area (Å²) in [5.41, 5.74) is 1.19. The first-order valence-electron chi connectivity index (χ1n) is 14.6. The van der Waals surface area contributed by atoms with Crippen LogP contribution in [0.3, 0.4) is 0 Å². The van der Waals surface area contributed by atoms with Gasteiger partial charge in [-0.3, -0.25) is 0 Å². The molecule has 0 amide bonds. The largest absolute Gasteiger partial charge is 0.497 e. The van der Waals surface area contributed by atoms with Gasteiger partial charge in [-0.2, -0.15) is 10.5 Å². The smallest absolute Gasteiger partial charge is 0.348 e. The van der Waals surface area contributed by atoms with Crippen LogP contribution >= 0.6 is 0 Å². The Morgan fingerprint density at radius 2 is 1.20 bits per heavy atom. The van der Waals surface area contributed by atoms with Crippen LogP contribution in [0.4, 0.5) is 0 Å². The number of nitrogens with zero attached hydrogens (tertiary/aromatic N) is 2. The van der Waals surface area contributed by atoms with E-state index in [0.29, 0.717) is 61.5 Å². The summed E-state index contributed by atoms with van der Waals surface area (Å²) in [6.07, 6.45) is 6.55. The summed E-state index contributed by atoms with van der Waals surface area (Å²) >= 11 is 0. The fraction of sp³-hybridized carbons (Fsp3) is 0.412. The molecule has 2 rings (SSSR count). The zero-order valence-corrected chi connectivity index (χ0v) is 25.3. The lowest BCUT2D eigenvalue weighted by atomic mass is 10.1. The number of carbonyl (C=O) groups is 2. The van der Waals surface area contributed by atoms with Gasteiger partial charge < -0.3 is 28.8 Å². The highest BCUT2D eigenvalue weighted by Gasteiger charge is 2.12. The second kappa shape index (κ2) is 21.1. The van der Waals surface area contributed by atoms with Crippen LogP contribution in [-0.4, -0.2) is 63.3 Å². The van der Waals surface area contributed by atoms with Crippen molar-refractivity contribution >= 4 is 24.1 Å². The van der Waals surface area contributed by atoms with Crippen molar-refractivity contribution in [2.24, 2.45) is 0 Å². The molecule has 0 aromatic heterocycles. The second-order valence-corrected chi connectivity index (χ2v) is 9.71. The Labute approximate surface area is 259 Å². The van der Waals surface area contributed by atoms with Crippen LogP contribution in [0.1, 0.15) is 56.6 Å². The van der Waals surface area contributed by atoms with E-state index in [2.05, 4.69) is 0 Å². The van der Waals surface area contributed by atoms with Crippen molar-refractivity contribution in [1.29, 1.82) is 10.5 Å². The molecule has 0 saturated carbocycles. The number of methoxy groups -OCH3 is 1. The maximum atomic E-state index is 12.3. The Bertz CT molecular complexity index is 1300. The number of aliphatic hydroxyl groups excluding tert-OH is 1. The molecule has 0 spiro atoms. The van der Waals surface area contributed by atoms with Gasteiger partial charge in [-0.25, -0.2) is 9.59 Å². The summed E-state index contributed by atoms with van der Waals surface area (Å²) in [7, 11) is 1.56. The molecule has 44 heavy (non-hydrogen) atoms. The fourth-order valence-electron chi connectivity index (χ4n) is 3.65. The summed E-state index contributed by atoms with van der Waals surface area (Å²) in [5.74, 6) is -0.0621. The molecule has 2 aromatic carbocycles. The SMILES string of the molecule is CCC(O)COc1ccc(/C=C(\C#N)C(=O)OCCCCCOCCCCOC(=O)/C(C#N)=C/c2ccc(OC)cc2)cc1. The first-order chi connectivity index (χ1) is 21.4. The van der Waals surface area contributed by atoms with Gasteiger partial charge in [0.25, 0.3) is 0 Å². The van der Waals surface area contributed by atoms with Crippen LogP contribution in [0, 0.1) is 22.7 Å². The third kappa shape index (κ3) is 14.0. The van der Waals surface area contributed by atoms with Crippen molar-refractivity contribution in [2.75, 3.05) is 40.1 Å². The molecule has 0 aliphatic heterocycles. The zero-order valence-electron chi connectivity index (χ0n) is 25.3. The summed E-state index contributed by atoms with van der Waals surface area (Å²) in [4.78, 5) is 24.4. The van der Waals surface area contributed by atoms with Crippen molar-refractivity contribution in [1.82, 2.24) is 0 Å². The maximum absolute atomic E-state index is 12.3. The van der Waals surface area contributed by atoms with Gasteiger partial charge in [-0.15, -0.1) is 0 Å². The van der Waals surface area contributed by atoms with Gasteiger partial charge in [0.2, 0.25) is 0 Å². The van der Waals surface area contributed by atoms with Crippen molar-refractivity contribution < 1.29 is 38.4 Å². The van der Waals surface area contributed by atoms with Crippen LogP contribution in [0.2, 0.25) is 0 Å². The van der Waals surface area contributed by atoms with E-state index in [4.69, 9.17) is 23.7 Å². The maximum Gasteiger partial charge on any atom is 0.348 e. The molecule has 1 unspecified atom stereocenters. The minimum Gasteiger partial charge on any atom is -0.497 e. The number of hydrogen-bond donors (Lipinski definition) is 1. The highest BCUT2D eigenvalue weighted by molar-refractivity contribution is 5.98. The number of esters is 2. The van der Waals surface area contributed by atoms with Gasteiger partial charge in [0, 0.05) is 13.2 Å². The highest BCUT2D eigenvalue weighted by atomic mass is 16.5. The van der Waals surface area contributed by atoms with Gasteiger partial charge in [-0.1, -0.05) is 31.2 Å². The predicted octanol–water partition coefficient (Wildman–Crippen LogP) is 5.41. The zero-order chi connectivity index (χ0) is 32.0. The molecular weight excluding hydrogens is 564 g/mol. The van der Waals surface area contributed by atoms with E-state index in [9.17, 15) is 25.2 Å². The number of unbranched alkanes of at least 4 members (excludes halogenated alkanes) is 3. The lowest BCUT2D eigenvalue weighted by Gasteiger charge is -2.10. The summed E-state index contributed by atoms with van der Waals surface area (Å²) < 4.78 is 26.6. The fourth-order valence-corrected chi connectivity index (χ4v) is 3.65. The molecule has 2 aromatic rings. The van der Waals surface area contributed by atoms with Crippen molar-refractivity contribution in [3.05, 3.63) is 70.8 Å². The molecule has 10 nitrogen and oxygen atoms in total. The number of aliphatic hydroxyl groups is 1. The Hall–Kier alpha value is -4.64. The average molecular weight is 605 g/mol. The normalized spacial score (nSPS) is 12.0. The third-order valence-electron chi connectivity index (χ3n) is 6.29. The Morgan fingerprint density at radius 3 is 1.68 bits per heavy atom. The molecule has 0 fully saturated rings. The third-order valence-corrected chi connectivity index (χ3v) is 6.29. The lowest BCUT2D eigenvalue weighted by molar-refractivity contribution is -0.139. The minimum atomic E-state index is -0.672. The molecule has 234 valence electrons. The average Bonchev–Trinajstić information content (AvgIpc) is 3.05. The molecule has 0 aliphatic carbocycles. The molecule has 0 heterocycles. The van der Waals surface area contributed by atoms with Crippen molar-refractivity contribution in [2.45, 2.75) is 51.6 Å². The molecule has 0 aliphatic rings. The Kier molecular flexibility index (Phi) is 17.1. The van der Waals surface area contributed by atoms with E-state index in [1.807, 2.05) is 19.1 Å².